The summed E-state index contributed by atoms with van der Waals surface area (Å²) in [5, 5.41) is 3.04. The van der Waals surface area contributed by atoms with Gasteiger partial charge in [-0.1, -0.05) is 30.3 Å². The van der Waals surface area contributed by atoms with Gasteiger partial charge in [-0.3, -0.25) is 9.69 Å². The molecule has 1 saturated heterocycles. The summed E-state index contributed by atoms with van der Waals surface area (Å²) < 4.78 is 5.63. The maximum Gasteiger partial charge on any atom is 0.227 e. The zero-order valence-electron chi connectivity index (χ0n) is 15.7. The van der Waals surface area contributed by atoms with Gasteiger partial charge in [0.15, 0.2) is 0 Å². The molecular weight excluding hydrogens is 324 g/mol. The number of ether oxygens (including phenoxy) is 1. The Morgan fingerprint density at radius 2 is 1.73 bits per heavy atom. The maximum absolute atomic E-state index is 12.5. The number of rotatable bonds is 6. The van der Waals surface area contributed by atoms with E-state index in [-0.39, 0.29) is 17.9 Å². The molecule has 4 nitrogen and oxygen atoms in total. The summed E-state index contributed by atoms with van der Waals surface area (Å²) in [6.45, 7) is 6.90. The maximum atomic E-state index is 12.5. The van der Waals surface area contributed by atoms with E-state index in [0.29, 0.717) is 0 Å². The molecule has 0 radical (unpaired) electrons. The van der Waals surface area contributed by atoms with E-state index < -0.39 is 0 Å². The van der Waals surface area contributed by atoms with Gasteiger partial charge in [-0.2, -0.15) is 0 Å². The minimum absolute atomic E-state index is 0.0913. The largest absolute Gasteiger partial charge is 0.491 e. The smallest absolute Gasteiger partial charge is 0.227 e. The van der Waals surface area contributed by atoms with E-state index in [1.54, 1.807) is 0 Å². The van der Waals surface area contributed by atoms with E-state index in [9.17, 15) is 4.79 Å². The van der Waals surface area contributed by atoms with Gasteiger partial charge in [-0.25, -0.2) is 0 Å². The molecule has 138 valence electrons. The van der Waals surface area contributed by atoms with E-state index in [2.05, 4.69) is 34.5 Å². The molecule has 1 aliphatic heterocycles. The summed E-state index contributed by atoms with van der Waals surface area (Å²) in [5.41, 5.74) is 2.16. The predicted octanol–water partition coefficient (Wildman–Crippen LogP) is 4.32. The molecule has 0 unspecified atom stereocenters. The van der Waals surface area contributed by atoms with Crippen LogP contribution in [0.3, 0.4) is 0 Å². The fraction of sp³-hybridized carbons (Fsp3) is 0.409. The molecule has 1 aliphatic rings. The molecule has 1 N–H and O–H groups in total. The monoisotopic (exact) mass is 352 g/mol. The Labute approximate surface area is 156 Å². The van der Waals surface area contributed by atoms with Crippen molar-refractivity contribution in [3.63, 3.8) is 0 Å². The van der Waals surface area contributed by atoms with Crippen molar-refractivity contribution in [1.82, 2.24) is 4.90 Å². The van der Waals surface area contributed by atoms with Crippen molar-refractivity contribution in [3.8, 4) is 5.75 Å². The number of nitrogens with one attached hydrogen (secondary N) is 1. The standard InChI is InChI=1S/C22H28N2O2/c1-17(2)26-21-10-8-20(9-11-21)23-22(25)19-12-14-24(15-13-19)16-18-6-4-3-5-7-18/h3-11,17,19H,12-16H2,1-2H3,(H,23,25). The average molecular weight is 352 g/mol. The van der Waals surface area contributed by atoms with Gasteiger partial charge in [-0.05, 0) is 69.6 Å². The highest BCUT2D eigenvalue weighted by molar-refractivity contribution is 5.92. The van der Waals surface area contributed by atoms with Gasteiger partial charge in [0.25, 0.3) is 0 Å². The van der Waals surface area contributed by atoms with Crippen LogP contribution in [0.5, 0.6) is 5.75 Å². The van der Waals surface area contributed by atoms with Crippen LogP contribution in [0.25, 0.3) is 0 Å². The number of hydrogen-bond acceptors (Lipinski definition) is 3. The van der Waals surface area contributed by atoms with E-state index in [0.717, 1.165) is 43.9 Å². The zero-order valence-corrected chi connectivity index (χ0v) is 15.7. The van der Waals surface area contributed by atoms with Crippen LogP contribution < -0.4 is 10.1 Å². The Hall–Kier alpha value is -2.33. The van der Waals surface area contributed by atoms with Crippen molar-refractivity contribution >= 4 is 11.6 Å². The normalized spacial score (nSPS) is 15.8. The van der Waals surface area contributed by atoms with Crippen LogP contribution >= 0.6 is 0 Å². The van der Waals surface area contributed by atoms with Gasteiger partial charge in [-0.15, -0.1) is 0 Å². The van der Waals surface area contributed by atoms with Crippen molar-refractivity contribution in [2.75, 3.05) is 18.4 Å². The molecule has 0 atom stereocenters. The van der Waals surface area contributed by atoms with Crippen LogP contribution in [0.15, 0.2) is 54.6 Å². The molecule has 1 amide bonds. The molecule has 1 fully saturated rings. The molecule has 0 bridgehead atoms. The lowest BCUT2D eigenvalue weighted by molar-refractivity contribution is -0.121. The Bertz CT molecular complexity index is 690. The summed E-state index contributed by atoms with van der Waals surface area (Å²) in [7, 11) is 0. The fourth-order valence-corrected chi connectivity index (χ4v) is 3.33. The Kier molecular flexibility index (Phi) is 6.29. The van der Waals surface area contributed by atoms with Gasteiger partial charge in [0, 0.05) is 18.2 Å². The lowest BCUT2D eigenvalue weighted by atomic mass is 9.95. The Balaban J connectivity index is 1.46. The number of benzene rings is 2. The first-order valence-electron chi connectivity index (χ1n) is 9.44. The number of nitrogens with zero attached hydrogens (tertiary/aromatic N) is 1. The van der Waals surface area contributed by atoms with E-state index >= 15 is 0 Å². The molecule has 0 spiro atoms. The van der Waals surface area contributed by atoms with Crippen molar-refractivity contribution in [1.29, 1.82) is 0 Å². The van der Waals surface area contributed by atoms with Crippen LogP contribution in [-0.2, 0) is 11.3 Å². The molecule has 3 rings (SSSR count). The van der Waals surface area contributed by atoms with Crippen LogP contribution in [0.4, 0.5) is 5.69 Å². The van der Waals surface area contributed by atoms with Crippen molar-refractivity contribution in [3.05, 3.63) is 60.2 Å². The van der Waals surface area contributed by atoms with Crippen molar-refractivity contribution in [2.45, 2.75) is 39.3 Å². The van der Waals surface area contributed by atoms with Crippen molar-refractivity contribution in [2.24, 2.45) is 5.92 Å². The van der Waals surface area contributed by atoms with Gasteiger partial charge in [0.1, 0.15) is 5.75 Å². The third-order valence-electron chi connectivity index (χ3n) is 4.70. The van der Waals surface area contributed by atoms with E-state index in [1.807, 2.05) is 44.2 Å². The molecule has 26 heavy (non-hydrogen) atoms. The molecule has 0 aromatic heterocycles. The molecule has 0 aliphatic carbocycles. The quantitative estimate of drug-likeness (QED) is 0.841. The van der Waals surface area contributed by atoms with E-state index in [4.69, 9.17) is 4.74 Å². The fourth-order valence-electron chi connectivity index (χ4n) is 3.33. The lowest BCUT2D eigenvalue weighted by Gasteiger charge is -2.31. The highest BCUT2D eigenvalue weighted by Gasteiger charge is 2.25. The third kappa shape index (κ3) is 5.33. The minimum atomic E-state index is 0.0913. The Morgan fingerprint density at radius 1 is 1.08 bits per heavy atom. The third-order valence-corrected chi connectivity index (χ3v) is 4.70. The number of anilines is 1. The van der Waals surface area contributed by atoms with Crippen LogP contribution in [0.1, 0.15) is 32.3 Å². The summed E-state index contributed by atoms with van der Waals surface area (Å²) >= 11 is 0. The zero-order chi connectivity index (χ0) is 18.4. The number of carbonyl (C=O) groups is 1. The first kappa shape index (κ1) is 18.5. The number of piperidine rings is 1. The number of hydrogen-bond donors (Lipinski definition) is 1. The highest BCUT2D eigenvalue weighted by Crippen LogP contribution is 2.22. The predicted molar refractivity (Wildman–Crippen MR) is 105 cm³/mol. The first-order chi connectivity index (χ1) is 12.6. The second-order valence-electron chi connectivity index (χ2n) is 7.22. The second-order valence-corrected chi connectivity index (χ2v) is 7.22. The highest BCUT2D eigenvalue weighted by atomic mass is 16.5. The topological polar surface area (TPSA) is 41.6 Å². The van der Waals surface area contributed by atoms with Gasteiger partial charge in [0.2, 0.25) is 5.91 Å². The van der Waals surface area contributed by atoms with Crippen molar-refractivity contribution < 1.29 is 9.53 Å². The summed E-state index contributed by atoms with van der Waals surface area (Å²) in [6, 6.07) is 18.1. The first-order valence-corrected chi connectivity index (χ1v) is 9.44. The van der Waals surface area contributed by atoms with Gasteiger partial charge >= 0.3 is 0 Å². The SMILES string of the molecule is CC(C)Oc1ccc(NC(=O)C2CCN(Cc3ccccc3)CC2)cc1. The minimum Gasteiger partial charge on any atom is -0.491 e. The van der Waals surface area contributed by atoms with Gasteiger partial charge < -0.3 is 10.1 Å². The van der Waals surface area contributed by atoms with E-state index in [1.165, 1.54) is 5.56 Å². The number of likely N-dealkylation sites (tertiary alicyclic amines) is 1. The van der Waals surface area contributed by atoms with Crippen LogP contribution in [0.2, 0.25) is 0 Å². The summed E-state index contributed by atoms with van der Waals surface area (Å²) in [5.74, 6) is 1.04. The van der Waals surface area contributed by atoms with Crippen LogP contribution in [-0.4, -0.2) is 30.0 Å². The molecule has 2 aromatic carbocycles. The lowest BCUT2D eigenvalue weighted by Crippen LogP contribution is -2.37. The molecule has 4 heteroatoms. The molecule has 2 aromatic rings. The summed E-state index contributed by atoms with van der Waals surface area (Å²) in [6.07, 6.45) is 1.97. The summed E-state index contributed by atoms with van der Waals surface area (Å²) in [4.78, 5) is 15.0. The average Bonchev–Trinajstić information content (AvgIpc) is 2.64. The molecular formula is C22H28N2O2. The second kappa shape index (κ2) is 8.86. The number of carbonyl (C=O) groups excluding carboxylic acids is 1. The number of amides is 1. The Morgan fingerprint density at radius 3 is 2.35 bits per heavy atom. The van der Waals surface area contributed by atoms with Gasteiger partial charge in [0.05, 0.1) is 6.10 Å². The molecule has 1 heterocycles. The van der Waals surface area contributed by atoms with Crippen LogP contribution in [0, 0.1) is 5.92 Å². The molecule has 0 saturated carbocycles.